The highest BCUT2D eigenvalue weighted by Gasteiger charge is 2.17. The third-order valence-electron chi connectivity index (χ3n) is 5.94. The summed E-state index contributed by atoms with van der Waals surface area (Å²) in [5.74, 6) is 0.0242. The van der Waals surface area contributed by atoms with Gasteiger partial charge in [-0.3, -0.25) is 4.79 Å². The van der Waals surface area contributed by atoms with Crippen LogP contribution < -0.4 is 10.2 Å². The maximum atomic E-state index is 12.5. The van der Waals surface area contributed by atoms with E-state index in [1.54, 1.807) is 0 Å². The van der Waals surface area contributed by atoms with Crippen LogP contribution in [-0.4, -0.2) is 53.3 Å². The first-order valence-corrected chi connectivity index (χ1v) is 11.1. The lowest BCUT2D eigenvalue weighted by Crippen LogP contribution is -2.46. The van der Waals surface area contributed by atoms with Gasteiger partial charge in [0.1, 0.15) is 0 Å². The molecule has 1 aliphatic rings. The number of aryl methyl sites for hydroxylation is 2. The van der Waals surface area contributed by atoms with Crippen molar-refractivity contribution >= 4 is 17.3 Å². The third-order valence-corrected chi connectivity index (χ3v) is 5.94. The number of aromatic nitrogens is 2. The third kappa shape index (κ3) is 5.33. The molecular formula is C25H31N5O. The van der Waals surface area contributed by atoms with E-state index in [0.717, 1.165) is 49.7 Å². The lowest BCUT2D eigenvalue weighted by molar-refractivity contribution is -0.116. The highest BCUT2D eigenvalue weighted by molar-refractivity contribution is 5.91. The van der Waals surface area contributed by atoms with E-state index in [-0.39, 0.29) is 5.91 Å². The van der Waals surface area contributed by atoms with Gasteiger partial charge in [-0.25, -0.2) is 4.68 Å². The largest absolute Gasteiger partial charge is 0.369 e. The SMILES string of the molecule is CCN1CCN(c2ccc(NC(=O)CCc3cnn(-c4ccccc4)c3)cc2C)CC1. The number of hydrogen-bond acceptors (Lipinski definition) is 4. The second-order valence-corrected chi connectivity index (χ2v) is 8.10. The fourth-order valence-electron chi connectivity index (χ4n) is 4.09. The zero-order valence-electron chi connectivity index (χ0n) is 18.4. The van der Waals surface area contributed by atoms with E-state index in [0.29, 0.717) is 12.8 Å². The molecule has 0 atom stereocenters. The molecule has 162 valence electrons. The van der Waals surface area contributed by atoms with E-state index in [1.807, 2.05) is 53.5 Å². The number of nitrogens with zero attached hydrogens (tertiary/aromatic N) is 4. The molecule has 3 aromatic rings. The first-order valence-electron chi connectivity index (χ1n) is 11.1. The summed E-state index contributed by atoms with van der Waals surface area (Å²) >= 11 is 0. The van der Waals surface area contributed by atoms with Gasteiger partial charge in [-0.2, -0.15) is 5.10 Å². The molecule has 2 heterocycles. The molecule has 0 aliphatic carbocycles. The van der Waals surface area contributed by atoms with Gasteiger partial charge in [-0.05, 0) is 61.3 Å². The predicted molar refractivity (Wildman–Crippen MR) is 126 cm³/mol. The molecule has 0 spiro atoms. The molecule has 1 fully saturated rings. The van der Waals surface area contributed by atoms with E-state index in [9.17, 15) is 4.79 Å². The van der Waals surface area contributed by atoms with Gasteiger partial charge in [-0.1, -0.05) is 25.1 Å². The van der Waals surface area contributed by atoms with Crippen molar-refractivity contribution in [3.63, 3.8) is 0 Å². The molecule has 0 bridgehead atoms. The Morgan fingerprint density at radius 3 is 2.55 bits per heavy atom. The second kappa shape index (κ2) is 9.79. The van der Waals surface area contributed by atoms with Gasteiger partial charge < -0.3 is 15.1 Å². The average molecular weight is 418 g/mol. The summed E-state index contributed by atoms with van der Waals surface area (Å²) in [6, 6.07) is 16.2. The van der Waals surface area contributed by atoms with Crippen molar-refractivity contribution in [2.24, 2.45) is 0 Å². The minimum atomic E-state index is 0.0242. The molecule has 0 saturated carbocycles. The summed E-state index contributed by atoms with van der Waals surface area (Å²) < 4.78 is 1.84. The van der Waals surface area contributed by atoms with Crippen LogP contribution in [0, 0.1) is 6.92 Å². The van der Waals surface area contributed by atoms with Crippen LogP contribution in [0.3, 0.4) is 0 Å². The van der Waals surface area contributed by atoms with Crippen LogP contribution in [0.5, 0.6) is 0 Å². The average Bonchev–Trinajstić information content (AvgIpc) is 3.28. The number of benzene rings is 2. The van der Waals surface area contributed by atoms with Gasteiger partial charge in [-0.15, -0.1) is 0 Å². The van der Waals surface area contributed by atoms with Crippen LogP contribution >= 0.6 is 0 Å². The number of amides is 1. The number of carbonyl (C=O) groups is 1. The fourth-order valence-corrected chi connectivity index (χ4v) is 4.09. The van der Waals surface area contributed by atoms with Crippen molar-refractivity contribution in [1.29, 1.82) is 0 Å². The fraction of sp³-hybridized carbons (Fsp3) is 0.360. The predicted octanol–water partition coefficient (Wildman–Crippen LogP) is 3.89. The molecular weight excluding hydrogens is 386 g/mol. The number of likely N-dealkylation sites (N-methyl/N-ethyl adjacent to an activating group) is 1. The molecule has 1 amide bonds. The van der Waals surface area contributed by atoms with Gasteiger partial charge in [0.2, 0.25) is 5.91 Å². The summed E-state index contributed by atoms with van der Waals surface area (Å²) in [6.07, 6.45) is 4.91. The smallest absolute Gasteiger partial charge is 0.224 e. The number of carbonyl (C=O) groups excluding carboxylic acids is 1. The lowest BCUT2D eigenvalue weighted by atomic mass is 10.1. The quantitative estimate of drug-likeness (QED) is 0.634. The van der Waals surface area contributed by atoms with E-state index < -0.39 is 0 Å². The van der Waals surface area contributed by atoms with Gasteiger partial charge in [0, 0.05) is 50.2 Å². The Morgan fingerprint density at radius 2 is 1.84 bits per heavy atom. The molecule has 1 aromatic heterocycles. The van der Waals surface area contributed by atoms with Gasteiger partial charge in [0.15, 0.2) is 0 Å². The number of piperazine rings is 1. The van der Waals surface area contributed by atoms with E-state index >= 15 is 0 Å². The lowest BCUT2D eigenvalue weighted by Gasteiger charge is -2.36. The van der Waals surface area contributed by atoms with Crippen molar-refractivity contribution in [2.45, 2.75) is 26.7 Å². The maximum absolute atomic E-state index is 12.5. The standard InChI is InChI=1S/C25H31N5O/c1-3-28-13-15-29(16-14-28)24-11-10-22(17-20(24)2)27-25(31)12-9-21-18-26-30(19-21)23-7-5-4-6-8-23/h4-8,10-11,17-19H,3,9,12-16H2,1-2H3,(H,27,31). The van der Waals surface area contributed by atoms with Gasteiger partial charge in [0.05, 0.1) is 11.9 Å². The minimum Gasteiger partial charge on any atom is -0.369 e. The van der Waals surface area contributed by atoms with Crippen molar-refractivity contribution in [3.8, 4) is 5.69 Å². The Hall–Kier alpha value is -3.12. The zero-order valence-corrected chi connectivity index (χ0v) is 18.4. The van der Waals surface area contributed by atoms with Gasteiger partial charge in [0.25, 0.3) is 0 Å². The molecule has 1 N–H and O–H groups in total. The Labute approximate surface area is 184 Å². The van der Waals surface area contributed by atoms with Crippen LogP contribution in [0.2, 0.25) is 0 Å². The molecule has 1 aliphatic heterocycles. The van der Waals surface area contributed by atoms with Crippen molar-refractivity contribution in [2.75, 3.05) is 42.9 Å². The summed E-state index contributed by atoms with van der Waals surface area (Å²) in [5.41, 5.74) is 5.40. The molecule has 0 unspecified atom stereocenters. The number of anilines is 2. The highest BCUT2D eigenvalue weighted by atomic mass is 16.1. The van der Waals surface area contributed by atoms with Crippen LogP contribution in [0.25, 0.3) is 5.69 Å². The minimum absolute atomic E-state index is 0.0242. The maximum Gasteiger partial charge on any atom is 0.224 e. The highest BCUT2D eigenvalue weighted by Crippen LogP contribution is 2.25. The number of para-hydroxylation sites is 1. The van der Waals surface area contributed by atoms with Crippen LogP contribution in [-0.2, 0) is 11.2 Å². The Morgan fingerprint density at radius 1 is 1.06 bits per heavy atom. The molecule has 1 saturated heterocycles. The second-order valence-electron chi connectivity index (χ2n) is 8.10. The van der Waals surface area contributed by atoms with E-state index in [4.69, 9.17) is 0 Å². The Kier molecular flexibility index (Phi) is 6.67. The van der Waals surface area contributed by atoms with E-state index in [1.165, 1.54) is 11.3 Å². The topological polar surface area (TPSA) is 53.4 Å². The van der Waals surface area contributed by atoms with Gasteiger partial charge >= 0.3 is 0 Å². The summed E-state index contributed by atoms with van der Waals surface area (Å²) in [5, 5.41) is 7.45. The first-order chi connectivity index (χ1) is 15.1. The van der Waals surface area contributed by atoms with Crippen molar-refractivity contribution < 1.29 is 4.79 Å². The number of nitrogens with one attached hydrogen (secondary N) is 1. The van der Waals surface area contributed by atoms with Crippen molar-refractivity contribution in [1.82, 2.24) is 14.7 Å². The number of hydrogen-bond donors (Lipinski definition) is 1. The monoisotopic (exact) mass is 417 g/mol. The summed E-state index contributed by atoms with van der Waals surface area (Å²) in [4.78, 5) is 17.4. The summed E-state index contributed by atoms with van der Waals surface area (Å²) in [7, 11) is 0. The Balaban J connectivity index is 1.30. The van der Waals surface area contributed by atoms with Crippen molar-refractivity contribution in [3.05, 3.63) is 72.1 Å². The van der Waals surface area contributed by atoms with Crippen LogP contribution in [0.15, 0.2) is 60.9 Å². The molecule has 0 radical (unpaired) electrons. The first kappa shape index (κ1) is 21.1. The normalized spacial score (nSPS) is 14.6. The molecule has 6 nitrogen and oxygen atoms in total. The zero-order chi connectivity index (χ0) is 21.6. The summed E-state index contributed by atoms with van der Waals surface area (Å²) in [6.45, 7) is 9.77. The van der Waals surface area contributed by atoms with E-state index in [2.05, 4.69) is 46.2 Å². The molecule has 4 rings (SSSR count). The molecule has 2 aromatic carbocycles. The molecule has 6 heteroatoms. The number of rotatable bonds is 7. The Bertz CT molecular complexity index is 1010. The van der Waals surface area contributed by atoms with Crippen LogP contribution in [0.1, 0.15) is 24.5 Å². The van der Waals surface area contributed by atoms with Crippen LogP contribution in [0.4, 0.5) is 11.4 Å². The molecule has 31 heavy (non-hydrogen) atoms.